The van der Waals surface area contributed by atoms with Crippen LogP contribution in [-0.4, -0.2) is 23.0 Å². The molecule has 1 aliphatic rings. The summed E-state index contributed by atoms with van der Waals surface area (Å²) in [5.41, 5.74) is 11.0. The minimum Gasteiger partial charge on any atom is -0.361 e. The number of nitrogens with one attached hydrogen (secondary N) is 2. The minimum atomic E-state index is -0.534. The van der Waals surface area contributed by atoms with Crippen molar-refractivity contribution in [3.63, 3.8) is 0 Å². The molecule has 4 rings (SSSR count). The zero-order chi connectivity index (χ0) is 16.5. The molecule has 0 saturated heterocycles. The molecule has 4 nitrogen and oxygen atoms in total. The van der Waals surface area contributed by atoms with Crippen molar-refractivity contribution in [1.29, 1.82) is 0 Å². The lowest BCUT2D eigenvalue weighted by Gasteiger charge is -2.16. The second-order valence-electron chi connectivity index (χ2n) is 6.55. The number of aromatic nitrogens is 1. The Labute approximate surface area is 141 Å². The SMILES string of the molecule is NC(Cc1c[nH]c2ccccc12)C(=O)NC1Cc2ccccc2C1. The van der Waals surface area contributed by atoms with Crippen LogP contribution in [0, 0.1) is 0 Å². The molecule has 1 heterocycles. The Morgan fingerprint density at radius 2 is 1.79 bits per heavy atom. The van der Waals surface area contributed by atoms with Gasteiger partial charge >= 0.3 is 0 Å². The monoisotopic (exact) mass is 319 g/mol. The smallest absolute Gasteiger partial charge is 0.237 e. The molecule has 0 radical (unpaired) electrons. The summed E-state index contributed by atoms with van der Waals surface area (Å²) in [6, 6.07) is 16.1. The van der Waals surface area contributed by atoms with Crippen molar-refractivity contribution in [3.8, 4) is 0 Å². The number of fused-ring (bicyclic) bond motifs is 2. The van der Waals surface area contributed by atoms with Gasteiger partial charge in [0.2, 0.25) is 5.91 Å². The lowest BCUT2D eigenvalue weighted by molar-refractivity contribution is -0.123. The molecule has 1 unspecified atom stereocenters. The largest absolute Gasteiger partial charge is 0.361 e. The third-order valence-corrected chi connectivity index (χ3v) is 4.85. The Morgan fingerprint density at radius 3 is 2.54 bits per heavy atom. The average Bonchev–Trinajstić information content (AvgIpc) is 3.18. The predicted molar refractivity (Wildman–Crippen MR) is 95.8 cm³/mol. The van der Waals surface area contributed by atoms with Gasteiger partial charge in [0, 0.05) is 23.1 Å². The fourth-order valence-electron chi connectivity index (χ4n) is 3.60. The third-order valence-electron chi connectivity index (χ3n) is 4.85. The van der Waals surface area contributed by atoms with Crippen LogP contribution in [-0.2, 0) is 24.1 Å². The van der Waals surface area contributed by atoms with Crippen molar-refractivity contribution >= 4 is 16.8 Å². The summed E-state index contributed by atoms with van der Waals surface area (Å²) in [6.45, 7) is 0. The van der Waals surface area contributed by atoms with Crippen molar-refractivity contribution in [3.05, 3.63) is 71.4 Å². The maximum atomic E-state index is 12.5. The lowest BCUT2D eigenvalue weighted by Crippen LogP contribution is -2.46. The van der Waals surface area contributed by atoms with Gasteiger partial charge in [-0.2, -0.15) is 0 Å². The second-order valence-corrected chi connectivity index (χ2v) is 6.55. The highest BCUT2D eigenvalue weighted by Crippen LogP contribution is 2.22. The molecular formula is C20H21N3O. The maximum Gasteiger partial charge on any atom is 0.237 e. The fraction of sp³-hybridized carbons (Fsp3) is 0.250. The Bertz CT molecular complexity index is 858. The zero-order valence-electron chi connectivity index (χ0n) is 13.5. The van der Waals surface area contributed by atoms with Crippen LogP contribution >= 0.6 is 0 Å². The van der Waals surface area contributed by atoms with Gasteiger partial charge in [0.1, 0.15) is 0 Å². The van der Waals surface area contributed by atoms with Gasteiger partial charge in [0.25, 0.3) is 0 Å². The highest BCUT2D eigenvalue weighted by molar-refractivity contribution is 5.86. The van der Waals surface area contributed by atoms with Gasteiger partial charge in [-0.3, -0.25) is 4.79 Å². The molecule has 2 aromatic carbocycles. The van der Waals surface area contributed by atoms with E-state index in [9.17, 15) is 4.79 Å². The van der Waals surface area contributed by atoms with E-state index in [1.54, 1.807) is 0 Å². The molecule has 1 atom stereocenters. The van der Waals surface area contributed by atoms with Gasteiger partial charge in [-0.05, 0) is 42.0 Å². The number of para-hydroxylation sites is 1. The van der Waals surface area contributed by atoms with Crippen LogP contribution in [0.4, 0.5) is 0 Å². The van der Waals surface area contributed by atoms with E-state index in [2.05, 4.69) is 28.5 Å². The predicted octanol–water partition coefficient (Wildman–Crippen LogP) is 2.32. The van der Waals surface area contributed by atoms with Gasteiger partial charge < -0.3 is 16.0 Å². The number of carbonyl (C=O) groups is 1. The van der Waals surface area contributed by atoms with Gasteiger partial charge in [-0.1, -0.05) is 42.5 Å². The van der Waals surface area contributed by atoms with Crippen LogP contribution in [0.25, 0.3) is 10.9 Å². The molecule has 0 fully saturated rings. The van der Waals surface area contributed by atoms with Crippen LogP contribution in [0.15, 0.2) is 54.7 Å². The number of amides is 1. The molecule has 0 spiro atoms. The van der Waals surface area contributed by atoms with Crippen molar-refractivity contribution in [2.75, 3.05) is 0 Å². The first-order chi connectivity index (χ1) is 11.7. The van der Waals surface area contributed by atoms with Crippen molar-refractivity contribution in [2.45, 2.75) is 31.3 Å². The Balaban J connectivity index is 1.40. The van der Waals surface area contributed by atoms with Crippen LogP contribution in [0.5, 0.6) is 0 Å². The highest BCUT2D eigenvalue weighted by atomic mass is 16.2. The summed E-state index contributed by atoms with van der Waals surface area (Å²) in [5, 5.41) is 4.25. The molecule has 0 aliphatic heterocycles. The molecule has 0 bridgehead atoms. The van der Waals surface area contributed by atoms with Crippen molar-refractivity contribution in [2.24, 2.45) is 5.73 Å². The zero-order valence-corrected chi connectivity index (χ0v) is 13.5. The summed E-state index contributed by atoms with van der Waals surface area (Å²) < 4.78 is 0. The summed E-state index contributed by atoms with van der Waals surface area (Å²) >= 11 is 0. The quantitative estimate of drug-likeness (QED) is 0.690. The molecule has 3 aromatic rings. The summed E-state index contributed by atoms with van der Waals surface area (Å²) in [5.74, 6) is -0.0712. The third kappa shape index (κ3) is 2.81. The second kappa shape index (κ2) is 6.13. The number of H-pyrrole nitrogens is 1. The molecule has 122 valence electrons. The first-order valence-corrected chi connectivity index (χ1v) is 8.38. The van der Waals surface area contributed by atoms with Gasteiger partial charge in [-0.15, -0.1) is 0 Å². The van der Waals surface area contributed by atoms with E-state index in [4.69, 9.17) is 5.73 Å². The van der Waals surface area contributed by atoms with Crippen LogP contribution in [0.3, 0.4) is 0 Å². The normalized spacial score (nSPS) is 15.4. The topological polar surface area (TPSA) is 70.9 Å². The molecular weight excluding hydrogens is 298 g/mol. The van der Waals surface area contributed by atoms with Crippen molar-refractivity contribution in [1.82, 2.24) is 10.3 Å². The molecule has 4 N–H and O–H groups in total. The minimum absolute atomic E-state index is 0.0712. The Morgan fingerprint density at radius 1 is 1.12 bits per heavy atom. The van der Waals surface area contributed by atoms with Crippen LogP contribution < -0.4 is 11.1 Å². The van der Waals surface area contributed by atoms with Gasteiger partial charge in [-0.25, -0.2) is 0 Å². The van der Waals surface area contributed by atoms with E-state index in [1.165, 1.54) is 11.1 Å². The maximum absolute atomic E-state index is 12.5. The highest BCUT2D eigenvalue weighted by Gasteiger charge is 2.25. The molecule has 0 saturated carbocycles. The summed E-state index contributed by atoms with van der Waals surface area (Å²) in [4.78, 5) is 15.7. The summed E-state index contributed by atoms with van der Waals surface area (Å²) in [7, 11) is 0. The summed E-state index contributed by atoms with van der Waals surface area (Å²) in [6.07, 6.45) is 4.27. The number of carbonyl (C=O) groups excluding carboxylic acids is 1. The van der Waals surface area contributed by atoms with E-state index in [0.29, 0.717) is 6.42 Å². The number of aromatic amines is 1. The van der Waals surface area contributed by atoms with E-state index in [-0.39, 0.29) is 11.9 Å². The lowest BCUT2D eigenvalue weighted by atomic mass is 10.0. The average molecular weight is 319 g/mol. The Hall–Kier alpha value is -2.59. The first kappa shape index (κ1) is 15.0. The standard InChI is InChI=1S/C20H21N3O/c21-18(11-15-12-22-19-8-4-3-7-17(15)19)20(24)23-16-9-13-5-1-2-6-14(13)10-16/h1-8,12,16,18,22H,9-11,21H2,(H,23,24). The molecule has 24 heavy (non-hydrogen) atoms. The van der Waals surface area contributed by atoms with E-state index in [1.807, 2.05) is 36.5 Å². The molecule has 1 amide bonds. The van der Waals surface area contributed by atoms with E-state index < -0.39 is 6.04 Å². The first-order valence-electron chi connectivity index (χ1n) is 8.38. The van der Waals surface area contributed by atoms with Crippen LogP contribution in [0.1, 0.15) is 16.7 Å². The number of benzene rings is 2. The number of nitrogens with two attached hydrogens (primary N) is 1. The van der Waals surface area contributed by atoms with Crippen molar-refractivity contribution < 1.29 is 4.79 Å². The molecule has 1 aliphatic carbocycles. The molecule has 1 aromatic heterocycles. The molecule has 4 heteroatoms. The Kier molecular flexibility index (Phi) is 3.82. The number of hydrogen-bond donors (Lipinski definition) is 3. The fourth-order valence-corrected chi connectivity index (χ4v) is 3.60. The van der Waals surface area contributed by atoms with Crippen LogP contribution in [0.2, 0.25) is 0 Å². The van der Waals surface area contributed by atoms with Gasteiger partial charge in [0.05, 0.1) is 6.04 Å². The van der Waals surface area contributed by atoms with E-state index >= 15 is 0 Å². The van der Waals surface area contributed by atoms with Gasteiger partial charge in [0.15, 0.2) is 0 Å². The van der Waals surface area contributed by atoms with E-state index in [0.717, 1.165) is 29.3 Å². The number of rotatable bonds is 4. The number of hydrogen-bond acceptors (Lipinski definition) is 2.